The van der Waals surface area contributed by atoms with Gasteiger partial charge < -0.3 is 5.11 Å². The molecule has 0 saturated carbocycles. The summed E-state index contributed by atoms with van der Waals surface area (Å²) in [6.45, 7) is 3.23. The van der Waals surface area contributed by atoms with Gasteiger partial charge in [-0.3, -0.25) is 9.35 Å². The number of aliphatic carboxylic acids is 1. The van der Waals surface area contributed by atoms with E-state index in [4.69, 9.17) is 9.66 Å². The fraction of sp³-hybridized carbons (Fsp3) is 0.400. The Labute approximate surface area is 69.8 Å². The number of carboxylic acid groups (broad SMARTS) is 1. The molecule has 3 N–H and O–H groups in total. The van der Waals surface area contributed by atoms with Crippen LogP contribution in [0.3, 0.4) is 0 Å². The number of hydrogen-bond acceptors (Lipinski definition) is 3. The first-order valence-corrected chi connectivity index (χ1v) is 4.39. The first-order valence-electron chi connectivity index (χ1n) is 2.95. The van der Waals surface area contributed by atoms with Gasteiger partial charge in [0, 0.05) is 0 Å². The second-order valence-corrected chi connectivity index (χ2v) is 3.19. The third-order valence-electron chi connectivity index (χ3n) is 0.992. The van der Waals surface area contributed by atoms with E-state index in [1.54, 1.807) is 0 Å². The minimum Gasteiger partial charge on any atom is -0.480 e. The van der Waals surface area contributed by atoms with E-state index >= 15 is 0 Å². The number of nitrogens with one attached hydrogen (secondary N) is 1. The third kappa shape index (κ3) is 4.83. The molecular weight excluding hydrogens is 186 g/mol. The molecule has 0 aromatic rings. The van der Waals surface area contributed by atoms with Crippen molar-refractivity contribution in [3.63, 3.8) is 0 Å². The molecule has 1 atom stereocenters. The summed E-state index contributed by atoms with van der Waals surface area (Å²) in [4.78, 5) is 10.3. The molecule has 0 fully saturated rings. The predicted octanol–water partition coefficient (Wildman–Crippen LogP) is -0.592. The van der Waals surface area contributed by atoms with Crippen molar-refractivity contribution < 1.29 is 22.9 Å². The van der Waals surface area contributed by atoms with Crippen molar-refractivity contribution in [1.82, 2.24) is 4.72 Å². The van der Waals surface area contributed by atoms with E-state index in [9.17, 15) is 13.2 Å². The Kier molecular flexibility index (Phi) is 3.87. The first-order chi connectivity index (χ1) is 5.37. The van der Waals surface area contributed by atoms with Gasteiger partial charge >= 0.3 is 16.3 Å². The Morgan fingerprint density at radius 2 is 2.17 bits per heavy atom. The zero-order valence-electron chi connectivity index (χ0n) is 6.10. The van der Waals surface area contributed by atoms with E-state index < -0.39 is 22.3 Å². The number of carbonyl (C=O) groups is 1. The van der Waals surface area contributed by atoms with Gasteiger partial charge in [-0.2, -0.15) is 13.1 Å². The van der Waals surface area contributed by atoms with Crippen molar-refractivity contribution in [2.24, 2.45) is 0 Å². The van der Waals surface area contributed by atoms with Crippen LogP contribution in [0.2, 0.25) is 0 Å². The molecule has 7 heteroatoms. The van der Waals surface area contributed by atoms with E-state index in [-0.39, 0.29) is 6.42 Å². The highest BCUT2D eigenvalue weighted by molar-refractivity contribution is 7.83. The molecule has 70 valence electrons. The first kappa shape index (κ1) is 11.1. The molecule has 0 spiro atoms. The lowest BCUT2D eigenvalue weighted by atomic mass is 10.2. The Balaban J connectivity index is 4.34. The van der Waals surface area contributed by atoms with Gasteiger partial charge in [0.1, 0.15) is 6.04 Å². The van der Waals surface area contributed by atoms with Crippen LogP contribution in [0.25, 0.3) is 0 Å². The molecule has 0 saturated heterocycles. The molecule has 0 bridgehead atoms. The highest BCUT2D eigenvalue weighted by atomic mass is 32.2. The van der Waals surface area contributed by atoms with Crippen molar-refractivity contribution in [3.8, 4) is 0 Å². The second-order valence-electron chi connectivity index (χ2n) is 2.01. The molecule has 0 aliphatic rings. The highest BCUT2D eigenvalue weighted by Crippen LogP contribution is 1.94. The molecule has 1 unspecified atom stereocenters. The molecule has 6 nitrogen and oxygen atoms in total. The Morgan fingerprint density at radius 3 is 2.42 bits per heavy atom. The van der Waals surface area contributed by atoms with Crippen LogP contribution in [0.15, 0.2) is 12.7 Å². The number of carboxylic acids is 1. The smallest absolute Gasteiger partial charge is 0.334 e. The summed E-state index contributed by atoms with van der Waals surface area (Å²) in [6, 6.07) is -1.36. The normalized spacial score (nSPS) is 13.8. The van der Waals surface area contributed by atoms with Gasteiger partial charge in [-0.25, -0.2) is 0 Å². The quantitative estimate of drug-likeness (QED) is 0.401. The van der Waals surface area contributed by atoms with E-state index in [1.165, 1.54) is 10.8 Å². The van der Waals surface area contributed by atoms with Gasteiger partial charge in [0.15, 0.2) is 0 Å². The molecule has 0 amide bonds. The molecule has 0 heterocycles. The molecule has 0 radical (unpaired) electrons. The van der Waals surface area contributed by atoms with Crippen LogP contribution >= 0.6 is 0 Å². The van der Waals surface area contributed by atoms with Crippen molar-refractivity contribution in [1.29, 1.82) is 0 Å². The second kappa shape index (κ2) is 4.19. The summed E-state index contributed by atoms with van der Waals surface area (Å²) in [5, 5.41) is 8.38. The minimum atomic E-state index is -4.47. The van der Waals surface area contributed by atoms with Gasteiger partial charge in [-0.05, 0) is 6.42 Å². The molecule has 0 aromatic carbocycles. The van der Waals surface area contributed by atoms with E-state index in [2.05, 4.69) is 6.58 Å². The van der Waals surface area contributed by atoms with Gasteiger partial charge in [0.25, 0.3) is 0 Å². The van der Waals surface area contributed by atoms with Gasteiger partial charge in [-0.1, -0.05) is 6.08 Å². The Bertz CT molecular complexity index is 270. The van der Waals surface area contributed by atoms with Crippen LogP contribution in [-0.4, -0.2) is 30.1 Å². The molecule has 0 aliphatic heterocycles. The van der Waals surface area contributed by atoms with Gasteiger partial charge in [0.2, 0.25) is 0 Å². The average Bonchev–Trinajstić information content (AvgIpc) is 1.83. The maximum absolute atomic E-state index is 10.3. The Hall–Kier alpha value is -0.920. The van der Waals surface area contributed by atoms with Gasteiger partial charge in [-0.15, -0.1) is 6.58 Å². The lowest BCUT2D eigenvalue weighted by Crippen LogP contribution is -2.39. The Morgan fingerprint density at radius 1 is 1.67 bits per heavy atom. The van der Waals surface area contributed by atoms with Crippen LogP contribution < -0.4 is 4.72 Å². The summed E-state index contributed by atoms with van der Waals surface area (Å²) in [7, 11) is -4.47. The third-order valence-corrected chi connectivity index (χ3v) is 1.57. The monoisotopic (exact) mass is 195 g/mol. The van der Waals surface area contributed by atoms with Gasteiger partial charge in [0.05, 0.1) is 0 Å². The topological polar surface area (TPSA) is 104 Å². The SMILES string of the molecule is C=CCC(NS(=O)(=O)O)C(=O)O. The number of rotatable bonds is 5. The molecule has 0 aliphatic carbocycles. The van der Waals surface area contributed by atoms with Crippen LogP contribution in [0.4, 0.5) is 0 Å². The summed E-state index contributed by atoms with van der Waals surface area (Å²) in [5.41, 5.74) is 0. The van der Waals surface area contributed by atoms with Crippen LogP contribution in [0, 0.1) is 0 Å². The zero-order chi connectivity index (χ0) is 9.78. The summed E-state index contributed by atoms with van der Waals surface area (Å²) in [6.07, 6.45) is 1.14. The zero-order valence-corrected chi connectivity index (χ0v) is 6.91. The molecule has 0 aromatic heterocycles. The number of hydrogen-bond donors (Lipinski definition) is 3. The fourth-order valence-electron chi connectivity index (χ4n) is 0.546. The van der Waals surface area contributed by atoms with Crippen molar-refractivity contribution >= 4 is 16.3 Å². The van der Waals surface area contributed by atoms with Crippen LogP contribution in [-0.2, 0) is 15.1 Å². The maximum atomic E-state index is 10.3. The van der Waals surface area contributed by atoms with Crippen molar-refractivity contribution in [2.75, 3.05) is 0 Å². The van der Waals surface area contributed by atoms with Crippen molar-refractivity contribution in [2.45, 2.75) is 12.5 Å². The van der Waals surface area contributed by atoms with E-state index in [0.29, 0.717) is 0 Å². The van der Waals surface area contributed by atoms with E-state index in [1.807, 2.05) is 0 Å². The highest BCUT2D eigenvalue weighted by Gasteiger charge is 2.20. The minimum absolute atomic E-state index is 0.0882. The summed E-state index contributed by atoms with van der Waals surface area (Å²) < 4.78 is 30.1. The predicted molar refractivity (Wildman–Crippen MR) is 40.9 cm³/mol. The fourth-order valence-corrected chi connectivity index (χ4v) is 1.10. The summed E-state index contributed by atoms with van der Waals surface area (Å²) >= 11 is 0. The summed E-state index contributed by atoms with van der Waals surface area (Å²) in [5.74, 6) is -1.37. The lowest BCUT2D eigenvalue weighted by molar-refractivity contribution is -0.138. The van der Waals surface area contributed by atoms with Crippen LogP contribution in [0.1, 0.15) is 6.42 Å². The van der Waals surface area contributed by atoms with E-state index in [0.717, 1.165) is 0 Å². The average molecular weight is 195 g/mol. The lowest BCUT2D eigenvalue weighted by Gasteiger charge is -2.08. The standard InChI is InChI=1S/C5H9NO5S/c1-2-3-4(5(7)8)6-12(9,10)11/h2,4,6H,1,3H2,(H,7,8)(H,9,10,11). The molecule has 0 rings (SSSR count). The molecular formula is C5H9NO5S. The van der Waals surface area contributed by atoms with Crippen LogP contribution in [0.5, 0.6) is 0 Å². The maximum Gasteiger partial charge on any atom is 0.334 e. The molecule has 12 heavy (non-hydrogen) atoms. The largest absolute Gasteiger partial charge is 0.480 e. The van der Waals surface area contributed by atoms with Crippen molar-refractivity contribution in [3.05, 3.63) is 12.7 Å².